The van der Waals surface area contributed by atoms with E-state index in [2.05, 4.69) is 20.8 Å². The Morgan fingerprint density at radius 3 is 2.38 bits per heavy atom. The summed E-state index contributed by atoms with van der Waals surface area (Å²) in [6.45, 7) is 8.37. The van der Waals surface area contributed by atoms with E-state index in [1.165, 1.54) is 0 Å². The summed E-state index contributed by atoms with van der Waals surface area (Å²) < 4.78 is 17.4. The van der Waals surface area contributed by atoms with Crippen LogP contribution in [0.1, 0.15) is 32.3 Å². The predicted octanol–water partition coefficient (Wildman–Crippen LogP) is 4.27. The number of rotatable bonds is 4. The zero-order chi connectivity index (χ0) is 15.3. The average Bonchev–Trinajstić information content (AvgIpc) is 3.06. The summed E-state index contributed by atoms with van der Waals surface area (Å²) in [4.78, 5) is 0. The molecule has 5 heteroatoms. The second-order valence-electron chi connectivity index (χ2n) is 6.36. The molecule has 0 spiro atoms. The van der Waals surface area contributed by atoms with Crippen LogP contribution in [-0.2, 0) is 14.2 Å². The van der Waals surface area contributed by atoms with E-state index in [1.807, 2.05) is 12.1 Å². The molecule has 2 aliphatic rings. The lowest BCUT2D eigenvalue weighted by atomic mass is 9.69. The second-order valence-corrected chi connectivity index (χ2v) is 7.20. The monoisotopic (exact) mass is 330 g/mol. The smallest absolute Gasteiger partial charge is 0.165 e. The van der Waals surface area contributed by atoms with Crippen LogP contribution in [0.25, 0.3) is 0 Å². The van der Waals surface area contributed by atoms with Crippen LogP contribution >= 0.6 is 23.2 Å². The molecule has 116 valence electrons. The third kappa shape index (κ3) is 2.49. The molecule has 1 aromatic carbocycles. The van der Waals surface area contributed by atoms with Gasteiger partial charge in [0.25, 0.3) is 0 Å². The van der Waals surface area contributed by atoms with Gasteiger partial charge in [0.15, 0.2) is 6.29 Å². The molecule has 2 saturated heterocycles. The number of epoxide rings is 1. The van der Waals surface area contributed by atoms with Crippen molar-refractivity contribution in [3.05, 3.63) is 33.8 Å². The molecule has 3 nitrogen and oxygen atoms in total. The first-order valence-corrected chi connectivity index (χ1v) is 7.96. The Morgan fingerprint density at radius 2 is 1.86 bits per heavy atom. The van der Waals surface area contributed by atoms with Gasteiger partial charge in [-0.1, -0.05) is 50.0 Å². The molecule has 0 saturated carbocycles. The lowest BCUT2D eigenvalue weighted by Gasteiger charge is -2.39. The molecule has 0 bridgehead atoms. The molecule has 21 heavy (non-hydrogen) atoms. The summed E-state index contributed by atoms with van der Waals surface area (Å²) >= 11 is 12.4. The Hall–Kier alpha value is -0.320. The van der Waals surface area contributed by atoms with Crippen LogP contribution in [-0.4, -0.2) is 31.7 Å². The maximum atomic E-state index is 6.37. The second kappa shape index (κ2) is 5.39. The molecule has 0 radical (unpaired) electrons. The van der Waals surface area contributed by atoms with E-state index in [1.54, 1.807) is 6.07 Å². The molecule has 2 unspecified atom stereocenters. The highest BCUT2D eigenvalue weighted by molar-refractivity contribution is 6.35. The molecular formula is C16H20Cl2O3. The van der Waals surface area contributed by atoms with E-state index < -0.39 is 0 Å². The third-order valence-electron chi connectivity index (χ3n) is 4.89. The van der Waals surface area contributed by atoms with Crippen molar-refractivity contribution in [2.45, 2.75) is 38.6 Å². The van der Waals surface area contributed by atoms with Crippen LogP contribution in [0.2, 0.25) is 10.0 Å². The van der Waals surface area contributed by atoms with Gasteiger partial charge in [-0.25, -0.2) is 0 Å². The van der Waals surface area contributed by atoms with Crippen molar-refractivity contribution in [3.8, 4) is 0 Å². The Balaban J connectivity index is 1.90. The summed E-state index contributed by atoms with van der Waals surface area (Å²) in [5.41, 5.74) is 0.468. The normalized spacial score (nSPS) is 27.9. The van der Waals surface area contributed by atoms with Crippen molar-refractivity contribution in [2.75, 3.05) is 19.8 Å². The van der Waals surface area contributed by atoms with Gasteiger partial charge in [-0.05, 0) is 17.7 Å². The van der Waals surface area contributed by atoms with Crippen molar-refractivity contribution in [1.82, 2.24) is 0 Å². The highest BCUT2D eigenvalue weighted by Gasteiger charge is 2.64. The predicted molar refractivity (Wildman–Crippen MR) is 83.0 cm³/mol. The SMILES string of the molecule is CC(c1ccc(Cl)cc1Cl)C1(C(C)(C)C2OCCO2)CO1. The van der Waals surface area contributed by atoms with Crippen molar-refractivity contribution in [2.24, 2.45) is 5.41 Å². The lowest BCUT2D eigenvalue weighted by molar-refractivity contribution is -0.149. The van der Waals surface area contributed by atoms with Gasteiger partial charge in [0, 0.05) is 21.4 Å². The average molecular weight is 331 g/mol. The van der Waals surface area contributed by atoms with Crippen LogP contribution in [0, 0.1) is 5.41 Å². The molecule has 0 amide bonds. The fourth-order valence-corrected chi connectivity index (χ4v) is 3.91. The van der Waals surface area contributed by atoms with Gasteiger partial charge in [0.2, 0.25) is 0 Å². The van der Waals surface area contributed by atoms with Crippen LogP contribution in [0.15, 0.2) is 18.2 Å². The van der Waals surface area contributed by atoms with Gasteiger partial charge in [0.05, 0.1) is 19.8 Å². The largest absolute Gasteiger partial charge is 0.368 e. The van der Waals surface area contributed by atoms with Crippen molar-refractivity contribution >= 4 is 23.2 Å². The van der Waals surface area contributed by atoms with Crippen molar-refractivity contribution in [1.29, 1.82) is 0 Å². The first kappa shape index (κ1) is 15.6. The maximum absolute atomic E-state index is 6.37. The minimum Gasteiger partial charge on any atom is -0.368 e. The number of ether oxygens (including phenoxy) is 3. The summed E-state index contributed by atoms with van der Waals surface area (Å²) in [6.07, 6.45) is -0.242. The van der Waals surface area contributed by atoms with E-state index in [0.29, 0.717) is 29.9 Å². The Bertz CT molecular complexity index is 534. The van der Waals surface area contributed by atoms with Gasteiger partial charge in [-0.15, -0.1) is 0 Å². The number of hydrogen-bond acceptors (Lipinski definition) is 3. The fraction of sp³-hybridized carbons (Fsp3) is 0.625. The van der Waals surface area contributed by atoms with Gasteiger partial charge in [-0.3, -0.25) is 0 Å². The Kier molecular flexibility index (Phi) is 4.00. The fourth-order valence-electron chi connectivity index (χ4n) is 3.34. The highest BCUT2D eigenvalue weighted by Crippen LogP contribution is 2.56. The van der Waals surface area contributed by atoms with Crippen LogP contribution in [0.4, 0.5) is 0 Å². The summed E-state index contributed by atoms with van der Waals surface area (Å²) in [6, 6.07) is 5.62. The van der Waals surface area contributed by atoms with Gasteiger partial charge in [-0.2, -0.15) is 0 Å². The maximum Gasteiger partial charge on any atom is 0.165 e. The zero-order valence-electron chi connectivity index (χ0n) is 12.5. The number of hydrogen-bond donors (Lipinski definition) is 0. The van der Waals surface area contributed by atoms with E-state index >= 15 is 0 Å². The van der Waals surface area contributed by atoms with Crippen LogP contribution < -0.4 is 0 Å². The molecule has 2 atom stereocenters. The molecule has 3 rings (SSSR count). The van der Waals surface area contributed by atoms with E-state index in [4.69, 9.17) is 37.4 Å². The van der Waals surface area contributed by atoms with Crippen molar-refractivity contribution in [3.63, 3.8) is 0 Å². The topological polar surface area (TPSA) is 31.0 Å². The summed E-state index contributed by atoms with van der Waals surface area (Å²) in [5.74, 6) is 0.130. The van der Waals surface area contributed by atoms with E-state index in [-0.39, 0.29) is 23.2 Å². The molecule has 2 aliphatic heterocycles. The van der Waals surface area contributed by atoms with Crippen LogP contribution in [0.5, 0.6) is 0 Å². The Labute approximate surface area is 135 Å². The quantitative estimate of drug-likeness (QED) is 0.772. The number of halogens is 2. The zero-order valence-corrected chi connectivity index (χ0v) is 14.0. The minimum absolute atomic E-state index is 0.130. The summed E-state index contributed by atoms with van der Waals surface area (Å²) in [5, 5.41) is 1.32. The third-order valence-corrected chi connectivity index (χ3v) is 5.45. The standard InChI is InChI=1S/C16H20Cl2O3/c1-10(12-5-4-11(17)8-13(12)18)16(9-21-16)15(2,3)14-19-6-7-20-14/h4-5,8,10,14H,6-7,9H2,1-3H3. The lowest BCUT2D eigenvalue weighted by Crippen LogP contribution is -2.46. The Morgan fingerprint density at radius 1 is 1.24 bits per heavy atom. The summed E-state index contributed by atoms with van der Waals surface area (Å²) in [7, 11) is 0. The molecule has 2 heterocycles. The van der Waals surface area contributed by atoms with Gasteiger partial charge in [0.1, 0.15) is 5.60 Å². The van der Waals surface area contributed by atoms with E-state index in [0.717, 1.165) is 5.56 Å². The van der Waals surface area contributed by atoms with Gasteiger partial charge >= 0.3 is 0 Å². The van der Waals surface area contributed by atoms with E-state index in [9.17, 15) is 0 Å². The first-order chi connectivity index (χ1) is 9.88. The molecule has 2 fully saturated rings. The van der Waals surface area contributed by atoms with Gasteiger partial charge < -0.3 is 14.2 Å². The molecule has 0 aliphatic carbocycles. The molecule has 1 aromatic rings. The van der Waals surface area contributed by atoms with Crippen LogP contribution in [0.3, 0.4) is 0 Å². The highest BCUT2D eigenvalue weighted by atomic mass is 35.5. The molecule has 0 N–H and O–H groups in total. The number of benzene rings is 1. The molecule has 0 aromatic heterocycles. The molecular weight excluding hydrogens is 311 g/mol. The van der Waals surface area contributed by atoms with Crippen molar-refractivity contribution < 1.29 is 14.2 Å². The minimum atomic E-state index is -0.320. The first-order valence-electron chi connectivity index (χ1n) is 7.20.